The van der Waals surface area contributed by atoms with Gasteiger partial charge >= 0.3 is 0 Å². The Hall–Kier alpha value is -3.00. The molecule has 0 spiro atoms. The van der Waals surface area contributed by atoms with E-state index in [-0.39, 0.29) is 17.7 Å². The minimum Gasteiger partial charge on any atom is -0.383 e. The number of fused-ring (bicyclic) bond motifs is 1. The van der Waals surface area contributed by atoms with Gasteiger partial charge in [-0.3, -0.25) is 14.0 Å². The van der Waals surface area contributed by atoms with E-state index in [9.17, 15) is 9.59 Å². The average molecular weight is 355 g/mol. The molecule has 3 aromatic rings. The lowest BCUT2D eigenvalue weighted by molar-refractivity contribution is 0.0946. The number of nitrogens with zero attached hydrogens (tertiary/aromatic N) is 4. The van der Waals surface area contributed by atoms with Crippen LogP contribution in [0.25, 0.3) is 5.65 Å². The Labute approximate surface area is 150 Å². The molecular weight excluding hydrogens is 334 g/mol. The number of aryl methyl sites for hydroxylation is 2. The molecule has 1 N–H and O–H groups in total. The molecule has 8 nitrogen and oxygen atoms in total. The molecule has 8 heteroatoms. The van der Waals surface area contributed by atoms with Crippen LogP contribution in [0, 0.1) is 13.8 Å². The fourth-order valence-electron chi connectivity index (χ4n) is 2.92. The Morgan fingerprint density at radius 2 is 2.08 bits per heavy atom. The molecule has 0 bridgehead atoms. The van der Waals surface area contributed by atoms with E-state index in [0.29, 0.717) is 30.2 Å². The van der Waals surface area contributed by atoms with Crippen LogP contribution in [0.15, 0.2) is 35.3 Å². The molecule has 0 aliphatic carbocycles. The number of pyridine rings is 2. The number of carbonyl (C=O) groups is 1. The molecule has 0 aliphatic heterocycles. The molecule has 0 fully saturated rings. The number of aromatic nitrogens is 4. The first kappa shape index (κ1) is 17.8. The van der Waals surface area contributed by atoms with Gasteiger partial charge in [-0.2, -0.15) is 0 Å². The largest absolute Gasteiger partial charge is 0.383 e. The lowest BCUT2D eigenvalue weighted by atomic mass is 10.1. The summed E-state index contributed by atoms with van der Waals surface area (Å²) < 4.78 is 8.39. The predicted molar refractivity (Wildman–Crippen MR) is 96.2 cm³/mol. The van der Waals surface area contributed by atoms with Crippen molar-refractivity contribution in [1.82, 2.24) is 24.5 Å². The summed E-state index contributed by atoms with van der Waals surface area (Å²) in [5.41, 5.74) is 1.96. The molecule has 0 aromatic carbocycles. The van der Waals surface area contributed by atoms with Gasteiger partial charge in [0, 0.05) is 25.5 Å². The zero-order chi connectivity index (χ0) is 18.7. The van der Waals surface area contributed by atoms with Crippen LogP contribution in [-0.2, 0) is 17.8 Å². The fraction of sp³-hybridized carbons (Fsp3) is 0.333. The predicted octanol–water partition coefficient (Wildman–Crippen LogP) is 1.08. The van der Waals surface area contributed by atoms with Crippen molar-refractivity contribution >= 4 is 11.6 Å². The minimum atomic E-state index is -0.425. The van der Waals surface area contributed by atoms with Crippen LogP contribution >= 0.6 is 0 Å². The van der Waals surface area contributed by atoms with Crippen molar-refractivity contribution in [2.75, 3.05) is 13.7 Å². The van der Waals surface area contributed by atoms with Crippen molar-refractivity contribution in [1.29, 1.82) is 0 Å². The number of hydrogen-bond donors (Lipinski definition) is 1. The summed E-state index contributed by atoms with van der Waals surface area (Å²) in [5, 5.41) is 10.9. The highest BCUT2D eigenvalue weighted by Gasteiger charge is 2.18. The van der Waals surface area contributed by atoms with Gasteiger partial charge in [-0.05, 0) is 37.6 Å². The Kier molecular flexibility index (Phi) is 5.13. The molecule has 136 valence electrons. The molecule has 0 radical (unpaired) electrons. The van der Waals surface area contributed by atoms with Crippen LogP contribution in [0.2, 0.25) is 0 Å². The van der Waals surface area contributed by atoms with E-state index < -0.39 is 5.91 Å². The van der Waals surface area contributed by atoms with E-state index in [1.165, 1.54) is 0 Å². The lowest BCUT2D eigenvalue weighted by Crippen LogP contribution is -2.35. The number of ether oxygens (including phenoxy) is 1. The van der Waals surface area contributed by atoms with Crippen LogP contribution in [0.3, 0.4) is 0 Å². The molecule has 3 heterocycles. The van der Waals surface area contributed by atoms with E-state index in [4.69, 9.17) is 4.74 Å². The third-order valence-electron chi connectivity index (χ3n) is 4.24. The highest BCUT2D eigenvalue weighted by molar-refractivity contribution is 5.95. The maximum atomic E-state index is 12.7. The second-order valence-corrected chi connectivity index (χ2v) is 6.02. The number of methoxy groups -OCH3 is 1. The van der Waals surface area contributed by atoms with E-state index in [0.717, 1.165) is 5.69 Å². The van der Waals surface area contributed by atoms with Crippen molar-refractivity contribution in [2.45, 2.75) is 26.9 Å². The third-order valence-corrected chi connectivity index (χ3v) is 4.24. The molecule has 26 heavy (non-hydrogen) atoms. The van der Waals surface area contributed by atoms with Crippen molar-refractivity contribution in [3.8, 4) is 0 Å². The van der Waals surface area contributed by atoms with Crippen LogP contribution in [0.5, 0.6) is 0 Å². The summed E-state index contributed by atoms with van der Waals surface area (Å²) in [7, 11) is 1.57. The van der Waals surface area contributed by atoms with Gasteiger partial charge in [-0.1, -0.05) is 6.07 Å². The molecule has 3 rings (SSSR count). The number of nitrogens with one attached hydrogen (secondary N) is 1. The normalized spacial score (nSPS) is 11.0. The van der Waals surface area contributed by atoms with Crippen LogP contribution in [0.1, 0.15) is 27.4 Å². The SMILES string of the molecule is COCCn1c(C)cc(C)c(C(=O)NCc2nnc3ccccn23)c1=O. The van der Waals surface area contributed by atoms with Crippen molar-refractivity contribution in [2.24, 2.45) is 0 Å². The first-order valence-electron chi connectivity index (χ1n) is 8.29. The number of carbonyl (C=O) groups excluding carboxylic acids is 1. The Morgan fingerprint density at radius 3 is 2.85 bits per heavy atom. The van der Waals surface area contributed by atoms with E-state index in [1.54, 1.807) is 23.0 Å². The maximum Gasteiger partial charge on any atom is 0.263 e. The van der Waals surface area contributed by atoms with Crippen LogP contribution < -0.4 is 10.9 Å². The van der Waals surface area contributed by atoms with Crippen LogP contribution in [0.4, 0.5) is 0 Å². The zero-order valence-electron chi connectivity index (χ0n) is 15.0. The highest BCUT2D eigenvalue weighted by atomic mass is 16.5. The Morgan fingerprint density at radius 1 is 1.27 bits per heavy atom. The van der Waals surface area contributed by atoms with Gasteiger partial charge in [0.25, 0.3) is 11.5 Å². The fourth-order valence-corrected chi connectivity index (χ4v) is 2.92. The van der Waals surface area contributed by atoms with Crippen molar-refractivity contribution in [3.63, 3.8) is 0 Å². The molecule has 0 aliphatic rings. The monoisotopic (exact) mass is 355 g/mol. The third kappa shape index (κ3) is 3.36. The second-order valence-electron chi connectivity index (χ2n) is 6.02. The van der Waals surface area contributed by atoms with Gasteiger partial charge in [0.15, 0.2) is 11.5 Å². The second kappa shape index (κ2) is 7.49. The average Bonchev–Trinajstić information content (AvgIpc) is 3.03. The summed E-state index contributed by atoms with van der Waals surface area (Å²) >= 11 is 0. The van der Waals surface area contributed by atoms with Crippen molar-refractivity contribution in [3.05, 3.63) is 63.5 Å². The topological polar surface area (TPSA) is 90.5 Å². The molecular formula is C18H21N5O3. The summed E-state index contributed by atoms with van der Waals surface area (Å²) in [5.74, 6) is 0.171. The number of rotatable bonds is 6. The standard InChI is InChI=1S/C18H21N5O3/c1-12-10-13(2)22(8-9-26-3)18(25)16(12)17(24)19-11-15-21-20-14-6-4-5-7-23(14)15/h4-7,10H,8-9,11H2,1-3H3,(H,19,24). The minimum absolute atomic E-state index is 0.139. The smallest absolute Gasteiger partial charge is 0.263 e. The lowest BCUT2D eigenvalue weighted by Gasteiger charge is -2.14. The number of amides is 1. The van der Waals surface area contributed by atoms with Gasteiger partial charge in [0.2, 0.25) is 0 Å². The summed E-state index contributed by atoms with van der Waals surface area (Å²) in [4.78, 5) is 25.4. The highest BCUT2D eigenvalue weighted by Crippen LogP contribution is 2.08. The van der Waals surface area contributed by atoms with E-state index in [1.807, 2.05) is 37.4 Å². The van der Waals surface area contributed by atoms with Gasteiger partial charge in [0.1, 0.15) is 5.56 Å². The van der Waals surface area contributed by atoms with Gasteiger partial charge < -0.3 is 14.6 Å². The maximum absolute atomic E-state index is 12.7. The van der Waals surface area contributed by atoms with E-state index in [2.05, 4.69) is 15.5 Å². The zero-order valence-corrected chi connectivity index (χ0v) is 15.0. The summed E-state index contributed by atoms with van der Waals surface area (Å²) in [6.07, 6.45) is 1.83. The van der Waals surface area contributed by atoms with Gasteiger partial charge in [0.05, 0.1) is 13.2 Å². The Balaban J connectivity index is 1.84. The first-order valence-corrected chi connectivity index (χ1v) is 8.29. The molecule has 0 unspecified atom stereocenters. The van der Waals surface area contributed by atoms with Gasteiger partial charge in [-0.25, -0.2) is 0 Å². The molecule has 3 aromatic heterocycles. The van der Waals surface area contributed by atoms with E-state index >= 15 is 0 Å². The summed E-state index contributed by atoms with van der Waals surface area (Å²) in [6, 6.07) is 7.39. The van der Waals surface area contributed by atoms with Gasteiger partial charge in [-0.15, -0.1) is 10.2 Å². The van der Waals surface area contributed by atoms with Crippen LogP contribution in [-0.4, -0.2) is 38.8 Å². The first-order chi connectivity index (χ1) is 12.5. The molecule has 0 atom stereocenters. The summed E-state index contributed by atoms with van der Waals surface area (Å²) in [6.45, 7) is 4.58. The Bertz CT molecular complexity index is 1010. The molecule has 0 saturated carbocycles. The number of hydrogen-bond acceptors (Lipinski definition) is 5. The van der Waals surface area contributed by atoms with Crippen molar-refractivity contribution < 1.29 is 9.53 Å². The molecule has 0 saturated heterocycles. The molecule has 1 amide bonds. The quantitative estimate of drug-likeness (QED) is 0.715.